The van der Waals surface area contributed by atoms with Crippen LogP contribution in [0.5, 0.6) is 0 Å². The Balaban J connectivity index is 0.00000441. The summed E-state index contributed by atoms with van der Waals surface area (Å²) in [7, 11) is -0.115. The average Bonchev–Trinajstić information content (AvgIpc) is 2.97. The van der Waals surface area contributed by atoms with Crippen LogP contribution in [0.4, 0.5) is 0 Å². The maximum Gasteiger partial charge on any atom is 0.250 e. The van der Waals surface area contributed by atoms with Gasteiger partial charge in [0.25, 0.3) is 0 Å². The number of nitrogens with one attached hydrogen (secondary N) is 3. The van der Waals surface area contributed by atoms with Gasteiger partial charge >= 0.3 is 0 Å². The standard InChI is InChI=1S/C12H22N4O3S2.HI/c1-10(9-19-3)16-12(13-2)14-6-7-15-21(17,18)11-5-4-8-20-11;/h4-5,8,10,15H,6-7,9H2,1-3H3,(H2,13,14,16);1H. The number of aliphatic imine (C=N–C) groups is 1. The minimum absolute atomic E-state index is 0. The Hall–Kier alpha value is -0.430. The van der Waals surface area contributed by atoms with Gasteiger partial charge in [0, 0.05) is 33.3 Å². The Morgan fingerprint density at radius 1 is 1.45 bits per heavy atom. The molecule has 1 atom stereocenters. The van der Waals surface area contributed by atoms with Gasteiger partial charge in [-0.15, -0.1) is 35.3 Å². The Kier molecular flexibility index (Phi) is 10.9. The van der Waals surface area contributed by atoms with Crippen LogP contribution in [0.2, 0.25) is 0 Å². The molecule has 0 fully saturated rings. The highest BCUT2D eigenvalue weighted by atomic mass is 127. The first-order chi connectivity index (χ1) is 9.99. The van der Waals surface area contributed by atoms with Crippen molar-refractivity contribution in [2.45, 2.75) is 17.2 Å². The van der Waals surface area contributed by atoms with E-state index in [-0.39, 0.29) is 36.6 Å². The van der Waals surface area contributed by atoms with Crippen LogP contribution >= 0.6 is 35.3 Å². The summed E-state index contributed by atoms with van der Waals surface area (Å²) in [6, 6.07) is 3.40. The molecule has 1 aromatic heterocycles. The Bertz CT molecular complexity index is 535. The van der Waals surface area contributed by atoms with Gasteiger partial charge < -0.3 is 15.4 Å². The predicted molar refractivity (Wildman–Crippen MR) is 101 cm³/mol. The number of nitrogens with zero attached hydrogens (tertiary/aromatic N) is 1. The van der Waals surface area contributed by atoms with Gasteiger partial charge in [0.1, 0.15) is 4.21 Å². The number of rotatable bonds is 8. The van der Waals surface area contributed by atoms with Crippen molar-refractivity contribution in [1.29, 1.82) is 0 Å². The van der Waals surface area contributed by atoms with Gasteiger partial charge in [-0.2, -0.15) is 0 Å². The van der Waals surface area contributed by atoms with Crippen molar-refractivity contribution in [3.05, 3.63) is 17.5 Å². The van der Waals surface area contributed by atoms with Crippen molar-refractivity contribution in [1.82, 2.24) is 15.4 Å². The smallest absolute Gasteiger partial charge is 0.250 e. The molecule has 0 spiro atoms. The summed E-state index contributed by atoms with van der Waals surface area (Å²) in [4.78, 5) is 4.06. The lowest BCUT2D eigenvalue weighted by Crippen LogP contribution is -2.46. The molecule has 0 amide bonds. The van der Waals surface area contributed by atoms with Crippen LogP contribution in [0.3, 0.4) is 0 Å². The monoisotopic (exact) mass is 462 g/mol. The number of halogens is 1. The first-order valence-electron chi connectivity index (χ1n) is 6.49. The summed E-state index contributed by atoms with van der Waals surface area (Å²) in [6.07, 6.45) is 0. The second-order valence-corrected chi connectivity index (χ2v) is 7.27. The first kappa shape index (κ1) is 21.6. The summed E-state index contributed by atoms with van der Waals surface area (Å²) < 4.78 is 31.6. The van der Waals surface area contributed by atoms with Gasteiger partial charge in [-0.25, -0.2) is 13.1 Å². The molecule has 0 saturated carbocycles. The maximum atomic E-state index is 11.9. The van der Waals surface area contributed by atoms with Crippen LogP contribution in [0.1, 0.15) is 6.92 Å². The number of hydrogen-bond acceptors (Lipinski definition) is 5. The number of guanidine groups is 1. The zero-order chi connectivity index (χ0) is 15.7. The molecule has 0 aromatic carbocycles. The lowest BCUT2D eigenvalue weighted by Gasteiger charge is -2.17. The van der Waals surface area contributed by atoms with Gasteiger partial charge in [-0.1, -0.05) is 6.07 Å². The summed E-state index contributed by atoms with van der Waals surface area (Å²) in [6.45, 7) is 3.24. The normalized spacial score (nSPS) is 13.3. The molecule has 7 nitrogen and oxygen atoms in total. The third-order valence-electron chi connectivity index (χ3n) is 2.49. The molecule has 0 aliphatic carbocycles. The number of ether oxygens (including phenoxy) is 1. The van der Waals surface area contributed by atoms with E-state index in [9.17, 15) is 8.42 Å². The molecule has 10 heteroatoms. The molecule has 1 aromatic rings. The van der Waals surface area contributed by atoms with Crippen molar-refractivity contribution in [3.8, 4) is 0 Å². The summed E-state index contributed by atoms with van der Waals surface area (Å²) in [5.74, 6) is 0.606. The van der Waals surface area contributed by atoms with E-state index in [0.29, 0.717) is 23.3 Å². The van der Waals surface area contributed by atoms with Crippen LogP contribution in [0.15, 0.2) is 26.7 Å². The fourth-order valence-corrected chi connectivity index (χ4v) is 3.64. The second kappa shape index (κ2) is 11.2. The largest absolute Gasteiger partial charge is 0.383 e. The van der Waals surface area contributed by atoms with E-state index >= 15 is 0 Å². The highest BCUT2D eigenvalue weighted by Crippen LogP contribution is 2.14. The summed E-state index contributed by atoms with van der Waals surface area (Å²) in [5.41, 5.74) is 0. The van der Waals surface area contributed by atoms with E-state index in [1.54, 1.807) is 31.7 Å². The van der Waals surface area contributed by atoms with Crippen molar-refractivity contribution >= 4 is 51.3 Å². The van der Waals surface area contributed by atoms with Gasteiger partial charge in [0.2, 0.25) is 10.0 Å². The fraction of sp³-hybridized carbons (Fsp3) is 0.583. The molecule has 0 radical (unpaired) electrons. The third-order valence-corrected chi connectivity index (χ3v) is 5.35. The van der Waals surface area contributed by atoms with Crippen LogP contribution in [0, 0.1) is 0 Å². The molecule has 0 aliphatic rings. The van der Waals surface area contributed by atoms with Gasteiger partial charge in [-0.05, 0) is 18.4 Å². The van der Waals surface area contributed by atoms with E-state index < -0.39 is 10.0 Å². The van der Waals surface area contributed by atoms with Crippen molar-refractivity contribution in [3.63, 3.8) is 0 Å². The first-order valence-corrected chi connectivity index (χ1v) is 8.85. The van der Waals surface area contributed by atoms with Crippen molar-refractivity contribution < 1.29 is 13.2 Å². The molecule has 1 unspecified atom stereocenters. The molecule has 0 saturated heterocycles. The minimum Gasteiger partial charge on any atom is -0.383 e. The van der Waals surface area contributed by atoms with E-state index in [1.807, 2.05) is 6.92 Å². The quantitative estimate of drug-likeness (QED) is 0.231. The zero-order valence-electron chi connectivity index (χ0n) is 12.8. The molecule has 22 heavy (non-hydrogen) atoms. The van der Waals surface area contributed by atoms with Crippen LogP contribution in [-0.2, 0) is 14.8 Å². The SMILES string of the molecule is CN=C(NCCNS(=O)(=O)c1cccs1)NC(C)COC.I. The predicted octanol–water partition coefficient (Wildman–Crippen LogP) is 0.844. The highest BCUT2D eigenvalue weighted by molar-refractivity contribution is 14.0. The summed E-state index contributed by atoms with van der Waals surface area (Å²) >= 11 is 1.19. The summed E-state index contributed by atoms with van der Waals surface area (Å²) in [5, 5.41) is 7.90. The molecule has 0 aliphatic heterocycles. The number of methoxy groups -OCH3 is 1. The lowest BCUT2D eigenvalue weighted by atomic mass is 10.4. The fourth-order valence-electron chi connectivity index (χ4n) is 1.57. The topological polar surface area (TPSA) is 91.8 Å². The van der Waals surface area contributed by atoms with Crippen LogP contribution < -0.4 is 15.4 Å². The zero-order valence-corrected chi connectivity index (χ0v) is 16.8. The minimum atomic E-state index is -3.41. The van der Waals surface area contributed by atoms with Gasteiger partial charge in [-0.3, -0.25) is 4.99 Å². The van der Waals surface area contributed by atoms with E-state index in [2.05, 4.69) is 20.3 Å². The third kappa shape index (κ3) is 7.72. The van der Waals surface area contributed by atoms with Crippen molar-refractivity contribution in [2.75, 3.05) is 33.9 Å². The Morgan fingerprint density at radius 2 is 2.18 bits per heavy atom. The van der Waals surface area contributed by atoms with Crippen LogP contribution in [0.25, 0.3) is 0 Å². The lowest BCUT2D eigenvalue weighted by molar-refractivity contribution is 0.179. The van der Waals surface area contributed by atoms with E-state index in [4.69, 9.17) is 4.74 Å². The van der Waals surface area contributed by atoms with Gasteiger partial charge in [0.05, 0.1) is 6.61 Å². The average molecular weight is 462 g/mol. The molecule has 1 rings (SSSR count). The van der Waals surface area contributed by atoms with Crippen molar-refractivity contribution in [2.24, 2.45) is 4.99 Å². The van der Waals surface area contributed by atoms with E-state index in [1.165, 1.54) is 11.3 Å². The molecule has 3 N–H and O–H groups in total. The van der Waals surface area contributed by atoms with Crippen LogP contribution in [-0.4, -0.2) is 54.3 Å². The number of thiophene rings is 1. The highest BCUT2D eigenvalue weighted by Gasteiger charge is 2.13. The molecule has 0 bridgehead atoms. The van der Waals surface area contributed by atoms with Gasteiger partial charge in [0.15, 0.2) is 5.96 Å². The number of sulfonamides is 1. The molecule has 128 valence electrons. The second-order valence-electron chi connectivity index (χ2n) is 4.33. The van der Waals surface area contributed by atoms with E-state index in [0.717, 1.165) is 0 Å². The molecule has 1 heterocycles. The number of hydrogen-bond donors (Lipinski definition) is 3. The molecular weight excluding hydrogens is 439 g/mol. The Morgan fingerprint density at radius 3 is 2.73 bits per heavy atom. The Labute approximate surface area is 153 Å². The molecular formula is C12H23IN4O3S2. The maximum absolute atomic E-state index is 11.9.